The predicted octanol–water partition coefficient (Wildman–Crippen LogP) is 2.24. The highest BCUT2D eigenvalue weighted by molar-refractivity contribution is 5.95. The molecule has 0 radical (unpaired) electrons. The zero-order valence-electron chi connectivity index (χ0n) is 14.6. The van der Waals surface area contributed by atoms with Gasteiger partial charge in [-0.3, -0.25) is 4.79 Å². The topological polar surface area (TPSA) is 58.6 Å². The molecule has 130 valence electrons. The number of amides is 1. The molecule has 25 heavy (non-hydrogen) atoms. The third-order valence-corrected chi connectivity index (χ3v) is 4.31. The molecule has 0 N–H and O–H groups in total. The van der Waals surface area contributed by atoms with Crippen molar-refractivity contribution >= 4 is 17.4 Å². The summed E-state index contributed by atoms with van der Waals surface area (Å²) in [6.07, 6.45) is 5.18. The number of piperazine rings is 1. The molecule has 2 aromatic rings. The van der Waals surface area contributed by atoms with E-state index in [1.807, 2.05) is 36.1 Å². The lowest BCUT2D eigenvalue weighted by atomic mass is 10.1. The predicted molar refractivity (Wildman–Crippen MR) is 97.5 cm³/mol. The van der Waals surface area contributed by atoms with Gasteiger partial charge >= 0.3 is 0 Å². The zero-order chi connectivity index (χ0) is 17.6. The number of carbonyl (C=O) groups is 1. The highest BCUT2D eigenvalue weighted by Gasteiger charge is 2.21. The number of allylic oxidation sites excluding steroid dienone is 1. The van der Waals surface area contributed by atoms with E-state index in [-0.39, 0.29) is 5.91 Å². The fraction of sp³-hybridized carbons (Fsp3) is 0.316. The summed E-state index contributed by atoms with van der Waals surface area (Å²) in [6, 6.07) is 9.52. The van der Waals surface area contributed by atoms with E-state index in [1.54, 1.807) is 31.6 Å². The molecule has 1 aliphatic rings. The first-order chi connectivity index (χ1) is 12.2. The Balaban J connectivity index is 1.60. The molecular formula is C19H22N4O2. The summed E-state index contributed by atoms with van der Waals surface area (Å²) in [7, 11) is 1.64. The van der Waals surface area contributed by atoms with Crippen molar-refractivity contribution in [2.45, 2.75) is 6.92 Å². The second kappa shape index (κ2) is 7.79. The molecule has 1 amide bonds. The number of nitrogens with zero attached hydrogens (tertiary/aromatic N) is 4. The summed E-state index contributed by atoms with van der Waals surface area (Å²) in [5, 5.41) is 0. The van der Waals surface area contributed by atoms with Crippen LogP contribution in [0.25, 0.3) is 5.57 Å². The van der Waals surface area contributed by atoms with Crippen molar-refractivity contribution in [3.05, 3.63) is 54.4 Å². The number of hydrogen-bond donors (Lipinski definition) is 0. The van der Waals surface area contributed by atoms with Gasteiger partial charge in [-0.1, -0.05) is 12.1 Å². The van der Waals surface area contributed by atoms with E-state index in [4.69, 9.17) is 4.74 Å². The number of ether oxygens (including phenoxy) is 1. The molecule has 1 aliphatic heterocycles. The zero-order valence-corrected chi connectivity index (χ0v) is 14.6. The van der Waals surface area contributed by atoms with Crippen molar-refractivity contribution in [3.63, 3.8) is 0 Å². The highest BCUT2D eigenvalue weighted by atomic mass is 16.5. The van der Waals surface area contributed by atoms with Crippen molar-refractivity contribution in [2.24, 2.45) is 0 Å². The Bertz CT molecular complexity index is 736. The van der Waals surface area contributed by atoms with Crippen LogP contribution >= 0.6 is 0 Å². The SMILES string of the molecule is COc1ccc(/C(C)=C/C(=O)N2CCN(c3ncccn3)CC2)cc1. The molecule has 0 spiro atoms. The number of methoxy groups -OCH3 is 1. The van der Waals surface area contributed by atoms with Crippen LogP contribution in [0, 0.1) is 0 Å². The van der Waals surface area contributed by atoms with Gasteiger partial charge in [0.2, 0.25) is 11.9 Å². The van der Waals surface area contributed by atoms with E-state index in [9.17, 15) is 4.79 Å². The Hall–Kier alpha value is -2.89. The van der Waals surface area contributed by atoms with Crippen LogP contribution in [0.4, 0.5) is 5.95 Å². The summed E-state index contributed by atoms with van der Waals surface area (Å²) in [4.78, 5) is 25.0. The van der Waals surface area contributed by atoms with Gasteiger partial charge in [-0.05, 0) is 36.3 Å². The Labute approximate surface area is 147 Å². The van der Waals surface area contributed by atoms with E-state index < -0.39 is 0 Å². The van der Waals surface area contributed by atoms with Crippen LogP contribution < -0.4 is 9.64 Å². The van der Waals surface area contributed by atoms with Crippen LogP contribution in [0.1, 0.15) is 12.5 Å². The molecule has 0 aliphatic carbocycles. The number of benzene rings is 1. The monoisotopic (exact) mass is 338 g/mol. The minimum Gasteiger partial charge on any atom is -0.497 e. The van der Waals surface area contributed by atoms with E-state index in [2.05, 4.69) is 14.9 Å². The molecule has 1 aromatic carbocycles. The summed E-state index contributed by atoms with van der Waals surface area (Å²) < 4.78 is 5.16. The van der Waals surface area contributed by atoms with Gasteiger partial charge in [0, 0.05) is 44.6 Å². The third kappa shape index (κ3) is 4.15. The van der Waals surface area contributed by atoms with Gasteiger partial charge in [-0.25, -0.2) is 9.97 Å². The van der Waals surface area contributed by atoms with Gasteiger partial charge in [-0.2, -0.15) is 0 Å². The molecular weight excluding hydrogens is 316 g/mol. The van der Waals surface area contributed by atoms with Gasteiger partial charge in [0.25, 0.3) is 0 Å². The lowest BCUT2D eigenvalue weighted by Gasteiger charge is -2.34. The fourth-order valence-electron chi connectivity index (χ4n) is 2.80. The smallest absolute Gasteiger partial charge is 0.246 e. The minimum absolute atomic E-state index is 0.0435. The molecule has 0 saturated carbocycles. The lowest BCUT2D eigenvalue weighted by Crippen LogP contribution is -2.48. The Morgan fingerprint density at radius 2 is 1.72 bits per heavy atom. The standard InChI is InChI=1S/C19H22N4O2/c1-15(16-4-6-17(25-2)7-5-16)14-18(24)22-10-12-23(13-11-22)19-20-8-3-9-21-19/h3-9,14H,10-13H2,1-2H3/b15-14+. The van der Waals surface area contributed by atoms with E-state index in [0.29, 0.717) is 13.1 Å². The first-order valence-corrected chi connectivity index (χ1v) is 8.31. The van der Waals surface area contributed by atoms with Gasteiger partial charge in [0.05, 0.1) is 7.11 Å². The second-order valence-electron chi connectivity index (χ2n) is 5.92. The van der Waals surface area contributed by atoms with E-state index in [1.165, 1.54) is 0 Å². The maximum absolute atomic E-state index is 12.5. The largest absolute Gasteiger partial charge is 0.497 e. The van der Waals surface area contributed by atoms with Gasteiger partial charge in [0.15, 0.2) is 0 Å². The van der Waals surface area contributed by atoms with Crippen molar-refractivity contribution in [1.82, 2.24) is 14.9 Å². The van der Waals surface area contributed by atoms with Gasteiger partial charge in [0.1, 0.15) is 5.75 Å². The fourth-order valence-corrected chi connectivity index (χ4v) is 2.80. The molecule has 2 heterocycles. The number of anilines is 1. The Morgan fingerprint density at radius 1 is 1.08 bits per heavy atom. The second-order valence-corrected chi connectivity index (χ2v) is 5.92. The summed E-state index contributed by atoms with van der Waals surface area (Å²) in [5.74, 6) is 1.57. The highest BCUT2D eigenvalue weighted by Crippen LogP contribution is 2.19. The van der Waals surface area contributed by atoms with Gasteiger partial charge < -0.3 is 14.5 Å². The first-order valence-electron chi connectivity index (χ1n) is 8.31. The van der Waals surface area contributed by atoms with Crippen molar-refractivity contribution in [2.75, 3.05) is 38.2 Å². The Morgan fingerprint density at radius 3 is 2.32 bits per heavy atom. The average molecular weight is 338 g/mol. The summed E-state index contributed by atoms with van der Waals surface area (Å²) in [6.45, 7) is 4.77. The van der Waals surface area contributed by atoms with Crippen molar-refractivity contribution in [3.8, 4) is 5.75 Å². The molecule has 1 fully saturated rings. The van der Waals surface area contributed by atoms with Gasteiger partial charge in [-0.15, -0.1) is 0 Å². The molecule has 0 bridgehead atoms. The average Bonchev–Trinajstić information content (AvgIpc) is 2.68. The maximum atomic E-state index is 12.5. The molecule has 0 atom stereocenters. The number of carbonyl (C=O) groups excluding carboxylic acids is 1. The number of aromatic nitrogens is 2. The molecule has 1 aromatic heterocycles. The van der Waals surface area contributed by atoms with E-state index in [0.717, 1.165) is 35.9 Å². The quantitative estimate of drug-likeness (QED) is 0.800. The van der Waals surface area contributed by atoms with Crippen molar-refractivity contribution < 1.29 is 9.53 Å². The van der Waals surface area contributed by atoms with Crippen molar-refractivity contribution in [1.29, 1.82) is 0 Å². The normalized spacial score (nSPS) is 15.2. The minimum atomic E-state index is 0.0435. The molecule has 1 saturated heterocycles. The number of rotatable bonds is 4. The van der Waals surface area contributed by atoms with Crippen LogP contribution in [0.5, 0.6) is 5.75 Å². The molecule has 6 nitrogen and oxygen atoms in total. The van der Waals surface area contributed by atoms with E-state index >= 15 is 0 Å². The molecule has 0 unspecified atom stereocenters. The van der Waals surface area contributed by atoms with Crippen LogP contribution in [-0.4, -0.2) is 54.1 Å². The van der Waals surface area contributed by atoms with Crippen LogP contribution in [-0.2, 0) is 4.79 Å². The first kappa shape index (κ1) is 17.0. The summed E-state index contributed by atoms with van der Waals surface area (Å²) in [5.41, 5.74) is 1.96. The molecule has 6 heteroatoms. The van der Waals surface area contributed by atoms with Crippen LogP contribution in [0.2, 0.25) is 0 Å². The van der Waals surface area contributed by atoms with Crippen LogP contribution in [0.3, 0.4) is 0 Å². The summed E-state index contributed by atoms with van der Waals surface area (Å²) >= 11 is 0. The van der Waals surface area contributed by atoms with Crippen LogP contribution in [0.15, 0.2) is 48.8 Å². The lowest BCUT2D eigenvalue weighted by molar-refractivity contribution is -0.126. The third-order valence-electron chi connectivity index (χ3n) is 4.31. The molecule has 3 rings (SSSR count). The maximum Gasteiger partial charge on any atom is 0.246 e. The Kier molecular flexibility index (Phi) is 5.28. The number of hydrogen-bond acceptors (Lipinski definition) is 5.